The van der Waals surface area contributed by atoms with Crippen LogP contribution in [0.25, 0.3) is 0 Å². The Kier molecular flexibility index (Phi) is 5.91. The molecule has 1 unspecified atom stereocenters. The molecule has 3 heterocycles. The third-order valence-corrected chi connectivity index (χ3v) is 6.23. The average molecular weight is 437 g/mol. The number of likely N-dealkylation sites (N-methyl/N-ethyl adjacent to an activating group) is 1. The molecule has 9 heteroatoms. The fourth-order valence-electron chi connectivity index (χ4n) is 4.46. The van der Waals surface area contributed by atoms with Gasteiger partial charge in [-0.15, -0.1) is 5.10 Å². The minimum absolute atomic E-state index is 0.103. The number of hydrogen-bond acceptors (Lipinski definition) is 8. The number of nitrogens with zero attached hydrogens (tertiary/aromatic N) is 6. The molecule has 2 aliphatic heterocycles. The first kappa shape index (κ1) is 20.7. The molecule has 3 aromatic rings. The normalized spacial score (nSPS) is 17.4. The number of fused-ring (bicyclic) bond motifs is 1. The van der Waals surface area contributed by atoms with E-state index in [0.29, 0.717) is 6.54 Å². The van der Waals surface area contributed by atoms with E-state index < -0.39 is 0 Å². The Labute approximate surface area is 187 Å². The molecule has 0 radical (unpaired) electrons. The highest BCUT2D eigenvalue weighted by Crippen LogP contribution is 2.35. The molecule has 168 valence electrons. The lowest BCUT2D eigenvalue weighted by Crippen LogP contribution is -2.48. The van der Waals surface area contributed by atoms with E-state index in [1.807, 2.05) is 41.1 Å². The SMILES string of the molecule is CCN1CCN(C(c2ccccc2OC)c2nnnn2Cc2ccc3c(c2)OCO3)CC1. The van der Waals surface area contributed by atoms with Crippen LogP contribution >= 0.6 is 0 Å². The second-order valence-corrected chi connectivity index (χ2v) is 8.00. The summed E-state index contributed by atoms with van der Waals surface area (Å²) in [6, 6.07) is 14.0. The van der Waals surface area contributed by atoms with Crippen molar-refractivity contribution in [2.45, 2.75) is 19.5 Å². The molecule has 0 bridgehead atoms. The van der Waals surface area contributed by atoms with Crippen LogP contribution in [0.2, 0.25) is 0 Å². The van der Waals surface area contributed by atoms with Gasteiger partial charge in [0.25, 0.3) is 0 Å². The monoisotopic (exact) mass is 436 g/mol. The summed E-state index contributed by atoms with van der Waals surface area (Å²) in [5.41, 5.74) is 2.12. The summed E-state index contributed by atoms with van der Waals surface area (Å²) in [5, 5.41) is 12.9. The molecule has 9 nitrogen and oxygen atoms in total. The van der Waals surface area contributed by atoms with Crippen LogP contribution in [-0.2, 0) is 6.54 Å². The van der Waals surface area contributed by atoms with Gasteiger partial charge in [0, 0.05) is 31.7 Å². The quantitative estimate of drug-likeness (QED) is 0.558. The van der Waals surface area contributed by atoms with Crippen molar-refractivity contribution in [3.8, 4) is 17.2 Å². The third-order valence-electron chi connectivity index (χ3n) is 6.23. The molecule has 5 rings (SSSR count). The molecule has 32 heavy (non-hydrogen) atoms. The number of methoxy groups -OCH3 is 1. The fourth-order valence-corrected chi connectivity index (χ4v) is 4.46. The van der Waals surface area contributed by atoms with Crippen molar-refractivity contribution >= 4 is 0 Å². The number of piperazine rings is 1. The zero-order valence-corrected chi connectivity index (χ0v) is 18.5. The van der Waals surface area contributed by atoms with E-state index >= 15 is 0 Å². The Hall–Kier alpha value is -3.17. The number of tetrazole rings is 1. The van der Waals surface area contributed by atoms with Crippen molar-refractivity contribution in [2.24, 2.45) is 0 Å². The Morgan fingerprint density at radius 1 is 1.03 bits per heavy atom. The minimum atomic E-state index is -0.103. The van der Waals surface area contributed by atoms with E-state index in [9.17, 15) is 0 Å². The Bertz CT molecular complexity index is 1060. The highest BCUT2D eigenvalue weighted by atomic mass is 16.7. The highest BCUT2D eigenvalue weighted by Gasteiger charge is 2.32. The van der Waals surface area contributed by atoms with Crippen LogP contribution in [0, 0.1) is 0 Å². The van der Waals surface area contributed by atoms with Gasteiger partial charge in [-0.25, -0.2) is 4.68 Å². The Morgan fingerprint density at radius 3 is 2.66 bits per heavy atom. The summed E-state index contributed by atoms with van der Waals surface area (Å²) >= 11 is 0. The standard InChI is InChI=1S/C23H28N6O3/c1-3-27-10-12-28(13-11-27)22(18-6-4-5-7-19(18)30-2)23-24-25-26-29(23)15-17-8-9-20-21(14-17)32-16-31-20/h4-9,14,22H,3,10-13,15-16H2,1-2H3. The third kappa shape index (κ3) is 4.01. The van der Waals surface area contributed by atoms with E-state index in [-0.39, 0.29) is 12.8 Å². The van der Waals surface area contributed by atoms with E-state index in [2.05, 4.69) is 38.3 Å². The number of rotatable bonds is 7. The van der Waals surface area contributed by atoms with Gasteiger partial charge in [0.05, 0.1) is 13.7 Å². The van der Waals surface area contributed by atoms with Crippen molar-refractivity contribution in [1.82, 2.24) is 30.0 Å². The molecule has 2 aliphatic rings. The molecule has 0 spiro atoms. The van der Waals surface area contributed by atoms with Crippen molar-refractivity contribution in [3.63, 3.8) is 0 Å². The van der Waals surface area contributed by atoms with Gasteiger partial charge in [-0.2, -0.15) is 0 Å². The lowest BCUT2D eigenvalue weighted by Gasteiger charge is -2.38. The molecule has 1 aromatic heterocycles. The molecule has 1 saturated heterocycles. The maximum absolute atomic E-state index is 5.72. The highest BCUT2D eigenvalue weighted by molar-refractivity contribution is 5.44. The first-order chi connectivity index (χ1) is 15.8. The molecular weight excluding hydrogens is 408 g/mol. The lowest BCUT2D eigenvalue weighted by molar-refractivity contribution is 0.107. The number of aromatic nitrogens is 4. The first-order valence-corrected chi connectivity index (χ1v) is 11.0. The van der Waals surface area contributed by atoms with Crippen molar-refractivity contribution in [3.05, 3.63) is 59.4 Å². The van der Waals surface area contributed by atoms with Crippen molar-refractivity contribution < 1.29 is 14.2 Å². The van der Waals surface area contributed by atoms with Gasteiger partial charge in [-0.1, -0.05) is 31.2 Å². The fraction of sp³-hybridized carbons (Fsp3) is 0.435. The second kappa shape index (κ2) is 9.13. The van der Waals surface area contributed by atoms with Gasteiger partial charge >= 0.3 is 0 Å². The average Bonchev–Trinajstić information content (AvgIpc) is 3.49. The van der Waals surface area contributed by atoms with E-state index in [1.54, 1.807) is 7.11 Å². The van der Waals surface area contributed by atoms with Crippen LogP contribution in [0.3, 0.4) is 0 Å². The van der Waals surface area contributed by atoms with Crippen LogP contribution in [0.4, 0.5) is 0 Å². The number of para-hydroxylation sites is 1. The largest absolute Gasteiger partial charge is 0.496 e. The van der Waals surface area contributed by atoms with E-state index in [1.165, 1.54) is 0 Å². The first-order valence-electron chi connectivity index (χ1n) is 11.0. The van der Waals surface area contributed by atoms with E-state index in [0.717, 1.165) is 66.9 Å². The van der Waals surface area contributed by atoms with Gasteiger partial charge in [0.1, 0.15) is 11.8 Å². The Balaban J connectivity index is 1.49. The smallest absolute Gasteiger partial charge is 0.231 e. The molecule has 2 aromatic carbocycles. The van der Waals surface area contributed by atoms with Crippen LogP contribution in [-0.4, -0.2) is 76.6 Å². The minimum Gasteiger partial charge on any atom is -0.496 e. The van der Waals surface area contributed by atoms with E-state index in [4.69, 9.17) is 14.2 Å². The molecule has 1 atom stereocenters. The molecule has 0 amide bonds. The van der Waals surface area contributed by atoms with Crippen LogP contribution in [0.1, 0.15) is 29.9 Å². The van der Waals surface area contributed by atoms with Gasteiger partial charge in [0.15, 0.2) is 17.3 Å². The second-order valence-electron chi connectivity index (χ2n) is 8.00. The summed E-state index contributed by atoms with van der Waals surface area (Å²) in [4.78, 5) is 4.91. The Morgan fingerprint density at radius 2 is 1.84 bits per heavy atom. The topological polar surface area (TPSA) is 77.8 Å². The van der Waals surface area contributed by atoms with Gasteiger partial charge in [0.2, 0.25) is 6.79 Å². The van der Waals surface area contributed by atoms with Crippen LogP contribution < -0.4 is 14.2 Å². The van der Waals surface area contributed by atoms with Gasteiger partial charge in [-0.3, -0.25) is 4.90 Å². The molecule has 0 saturated carbocycles. The summed E-state index contributed by atoms with van der Waals surface area (Å²) < 4.78 is 18.6. The van der Waals surface area contributed by atoms with Crippen molar-refractivity contribution in [2.75, 3.05) is 46.6 Å². The summed E-state index contributed by atoms with van der Waals surface area (Å²) in [5.74, 6) is 3.17. The predicted octanol–water partition coefficient (Wildman–Crippen LogP) is 2.19. The number of benzene rings is 2. The zero-order valence-electron chi connectivity index (χ0n) is 18.5. The molecule has 1 fully saturated rings. The zero-order chi connectivity index (χ0) is 21.9. The summed E-state index contributed by atoms with van der Waals surface area (Å²) in [6.45, 7) is 7.99. The van der Waals surface area contributed by atoms with Gasteiger partial charge in [-0.05, 0) is 40.7 Å². The van der Waals surface area contributed by atoms with Crippen LogP contribution in [0.5, 0.6) is 17.2 Å². The summed E-state index contributed by atoms with van der Waals surface area (Å²) in [6.07, 6.45) is 0. The molecule has 0 N–H and O–H groups in total. The number of ether oxygens (including phenoxy) is 3. The molecule has 0 aliphatic carbocycles. The van der Waals surface area contributed by atoms with Crippen molar-refractivity contribution in [1.29, 1.82) is 0 Å². The molecular formula is C23H28N6O3. The number of hydrogen-bond donors (Lipinski definition) is 0. The predicted molar refractivity (Wildman–Crippen MR) is 118 cm³/mol. The van der Waals surface area contributed by atoms with Gasteiger partial charge < -0.3 is 19.1 Å². The summed E-state index contributed by atoms with van der Waals surface area (Å²) in [7, 11) is 1.71. The lowest BCUT2D eigenvalue weighted by atomic mass is 10.0. The maximum atomic E-state index is 5.72. The maximum Gasteiger partial charge on any atom is 0.231 e. The van der Waals surface area contributed by atoms with Crippen LogP contribution in [0.15, 0.2) is 42.5 Å².